The van der Waals surface area contributed by atoms with E-state index in [9.17, 15) is 4.79 Å². The summed E-state index contributed by atoms with van der Waals surface area (Å²) in [5, 5.41) is 3.30. The molecule has 1 saturated heterocycles. The molecule has 0 aromatic heterocycles. The van der Waals surface area contributed by atoms with Gasteiger partial charge in [0.15, 0.2) is 0 Å². The fourth-order valence-electron chi connectivity index (χ4n) is 1.63. The lowest BCUT2D eigenvalue weighted by atomic mass is 10.2. The van der Waals surface area contributed by atoms with Crippen LogP contribution in [0.25, 0.3) is 0 Å². The van der Waals surface area contributed by atoms with E-state index in [1.165, 1.54) is 0 Å². The number of nitrogens with one attached hydrogen (secondary N) is 1. The number of carbonyl (C=O) groups excluding carboxylic acids is 1. The Labute approximate surface area is 97.1 Å². The Bertz CT molecular complexity index is 219. The largest absolute Gasteiger partial charge is 0.449 e. The maximum Gasteiger partial charge on any atom is 0.409 e. The van der Waals surface area contributed by atoms with Crippen molar-refractivity contribution in [2.24, 2.45) is 5.92 Å². The van der Waals surface area contributed by atoms with Gasteiger partial charge in [-0.2, -0.15) is 0 Å². The van der Waals surface area contributed by atoms with E-state index < -0.39 is 0 Å². The van der Waals surface area contributed by atoms with E-state index in [-0.39, 0.29) is 12.1 Å². The first-order valence-electron chi connectivity index (χ1n) is 5.77. The molecule has 1 fully saturated rings. The van der Waals surface area contributed by atoms with Gasteiger partial charge in [-0.25, -0.2) is 4.79 Å². The van der Waals surface area contributed by atoms with E-state index in [0.29, 0.717) is 32.2 Å². The summed E-state index contributed by atoms with van der Waals surface area (Å²) < 4.78 is 10.3. The molecule has 1 amide bonds. The minimum absolute atomic E-state index is 0.212. The fourth-order valence-corrected chi connectivity index (χ4v) is 1.63. The van der Waals surface area contributed by atoms with Crippen LogP contribution < -0.4 is 5.32 Å². The molecule has 0 bridgehead atoms. The second-order valence-electron chi connectivity index (χ2n) is 4.52. The molecule has 1 aliphatic rings. The lowest BCUT2D eigenvalue weighted by Crippen LogP contribution is -2.54. The van der Waals surface area contributed by atoms with Crippen molar-refractivity contribution in [1.29, 1.82) is 0 Å². The zero-order chi connectivity index (χ0) is 12.0. The molecule has 0 aliphatic carbocycles. The summed E-state index contributed by atoms with van der Waals surface area (Å²) in [5.41, 5.74) is 0. The van der Waals surface area contributed by atoms with Crippen molar-refractivity contribution < 1.29 is 14.3 Å². The third-order valence-electron chi connectivity index (χ3n) is 2.42. The van der Waals surface area contributed by atoms with Crippen LogP contribution in [0.2, 0.25) is 0 Å². The minimum atomic E-state index is -0.212. The van der Waals surface area contributed by atoms with E-state index in [1.54, 1.807) is 12.0 Å². The minimum Gasteiger partial charge on any atom is -0.449 e. The monoisotopic (exact) mass is 230 g/mol. The molecular weight excluding hydrogens is 208 g/mol. The van der Waals surface area contributed by atoms with Crippen LogP contribution in [0.15, 0.2) is 0 Å². The Morgan fingerprint density at radius 1 is 1.56 bits per heavy atom. The van der Waals surface area contributed by atoms with Crippen LogP contribution in [0, 0.1) is 5.92 Å². The highest BCUT2D eigenvalue weighted by Gasteiger charge is 2.24. The molecule has 1 atom stereocenters. The second-order valence-corrected chi connectivity index (χ2v) is 4.52. The van der Waals surface area contributed by atoms with Gasteiger partial charge in [0.1, 0.15) is 0 Å². The third-order valence-corrected chi connectivity index (χ3v) is 2.42. The molecule has 16 heavy (non-hydrogen) atoms. The summed E-state index contributed by atoms with van der Waals surface area (Å²) >= 11 is 0. The van der Waals surface area contributed by atoms with Crippen molar-refractivity contribution in [3.8, 4) is 0 Å². The smallest absolute Gasteiger partial charge is 0.409 e. The standard InChI is InChI=1S/C11H22N2O3/c1-9(2)7-16-11(14)13-5-4-12-10(6-13)8-15-3/h9-10,12H,4-8H2,1-3H3/t10-/m1/s1. The van der Waals surface area contributed by atoms with Gasteiger partial charge in [0.05, 0.1) is 13.2 Å². The van der Waals surface area contributed by atoms with Crippen molar-refractivity contribution in [3.05, 3.63) is 0 Å². The molecule has 1 rings (SSSR count). The lowest BCUT2D eigenvalue weighted by Gasteiger charge is -2.32. The average molecular weight is 230 g/mol. The van der Waals surface area contributed by atoms with Gasteiger partial charge in [0.2, 0.25) is 0 Å². The number of rotatable bonds is 4. The van der Waals surface area contributed by atoms with Crippen molar-refractivity contribution in [2.75, 3.05) is 40.0 Å². The van der Waals surface area contributed by atoms with E-state index in [0.717, 1.165) is 6.54 Å². The van der Waals surface area contributed by atoms with Gasteiger partial charge in [-0.3, -0.25) is 0 Å². The Hall–Kier alpha value is -0.810. The van der Waals surface area contributed by atoms with Crippen LogP contribution in [0.5, 0.6) is 0 Å². The van der Waals surface area contributed by atoms with Gasteiger partial charge >= 0.3 is 6.09 Å². The van der Waals surface area contributed by atoms with Crippen molar-refractivity contribution in [2.45, 2.75) is 19.9 Å². The summed E-state index contributed by atoms with van der Waals surface area (Å²) in [5.74, 6) is 0.377. The Kier molecular flexibility index (Phi) is 5.55. The average Bonchev–Trinajstić information content (AvgIpc) is 2.26. The molecule has 0 spiro atoms. The molecule has 1 N–H and O–H groups in total. The van der Waals surface area contributed by atoms with Gasteiger partial charge in [-0.15, -0.1) is 0 Å². The molecule has 1 aliphatic heterocycles. The molecule has 5 nitrogen and oxygen atoms in total. The van der Waals surface area contributed by atoms with Crippen molar-refractivity contribution >= 4 is 6.09 Å². The van der Waals surface area contributed by atoms with E-state index in [4.69, 9.17) is 9.47 Å². The quantitative estimate of drug-likeness (QED) is 0.772. The normalized spacial score (nSPS) is 21.2. The number of methoxy groups -OCH3 is 1. The van der Waals surface area contributed by atoms with Crippen LogP contribution in [0.3, 0.4) is 0 Å². The molecular formula is C11H22N2O3. The van der Waals surface area contributed by atoms with Crippen LogP contribution in [0.4, 0.5) is 4.79 Å². The number of piperazine rings is 1. The third kappa shape index (κ3) is 4.37. The molecule has 0 unspecified atom stereocenters. The number of nitrogens with zero attached hydrogens (tertiary/aromatic N) is 1. The van der Waals surface area contributed by atoms with Crippen LogP contribution in [0.1, 0.15) is 13.8 Å². The molecule has 0 aromatic rings. The first-order valence-corrected chi connectivity index (χ1v) is 5.77. The number of amides is 1. The van der Waals surface area contributed by atoms with Crippen molar-refractivity contribution in [1.82, 2.24) is 10.2 Å². The zero-order valence-corrected chi connectivity index (χ0v) is 10.4. The SMILES string of the molecule is COC[C@H]1CN(C(=O)OCC(C)C)CCN1. The predicted octanol–water partition coefficient (Wildman–Crippen LogP) is 0.699. The van der Waals surface area contributed by atoms with Crippen LogP contribution in [-0.4, -0.2) is 57.0 Å². The highest BCUT2D eigenvalue weighted by atomic mass is 16.6. The highest BCUT2D eigenvalue weighted by molar-refractivity contribution is 5.67. The Morgan fingerprint density at radius 3 is 2.94 bits per heavy atom. The maximum atomic E-state index is 11.7. The zero-order valence-electron chi connectivity index (χ0n) is 10.4. The summed E-state index contributed by atoms with van der Waals surface area (Å²) in [6, 6.07) is 0.213. The Morgan fingerprint density at radius 2 is 2.31 bits per heavy atom. The summed E-state index contributed by atoms with van der Waals surface area (Å²) in [4.78, 5) is 13.4. The number of carbonyl (C=O) groups is 1. The first kappa shape index (κ1) is 13.3. The van der Waals surface area contributed by atoms with Crippen LogP contribution >= 0.6 is 0 Å². The molecule has 0 aromatic carbocycles. The maximum absolute atomic E-state index is 11.7. The van der Waals surface area contributed by atoms with Gasteiger partial charge in [-0.05, 0) is 5.92 Å². The van der Waals surface area contributed by atoms with Gasteiger partial charge in [-0.1, -0.05) is 13.8 Å². The van der Waals surface area contributed by atoms with Crippen LogP contribution in [-0.2, 0) is 9.47 Å². The Balaban J connectivity index is 2.32. The summed E-state index contributed by atoms with van der Waals surface area (Å²) in [6.07, 6.45) is -0.212. The lowest BCUT2D eigenvalue weighted by molar-refractivity contribution is 0.0696. The molecule has 0 saturated carbocycles. The van der Waals surface area contributed by atoms with Gasteiger partial charge < -0.3 is 19.7 Å². The topological polar surface area (TPSA) is 50.8 Å². The number of ether oxygens (including phenoxy) is 2. The molecule has 1 heterocycles. The van der Waals surface area contributed by atoms with Gasteiger partial charge in [0.25, 0.3) is 0 Å². The van der Waals surface area contributed by atoms with E-state index in [2.05, 4.69) is 5.32 Å². The second kappa shape index (κ2) is 6.70. The summed E-state index contributed by atoms with van der Waals surface area (Å²) in [7, 11) is 1.66. The van der Waals surface area contributed by atoms with Gasteiger partial charge in [0, 0.05) is 32.8 Å². The van der Waals surface area contributed by atoms with E-state index in [1.807, 2.05) is 13.8 Å². The predicted molar refractivity (Wildman–Crippen MR) is 61.4 cm³/mol. The van der Waals surface area contributed by atoms with E-state index >= 15 is 0 Å². The number of hydrogen-bond acceptors (Lipinski definition) is 4. The molecule has 5 heteroatoms. The first-order chi connectivity index (χ1) is 7.63. The molecule has 0 radical (unpaired) electrons. The fraction of sp³-hybridized carbons (Fsp3) is 0.909. The highest BCUT2D eigenvalue weighted by Crippen LogP contribution is 2.03. The van der Waals surface area contributed by atoms with Crippen molar-refractivity contribution in [3.63, 3.8) is 0 Å². The molecule has 94 valence electrons. The number of hydrogen-bond donors (Lipinski definition) is 1. The summed E-state index contributed by atoms with van der Waals surface area (Å²) in [6.45, 7) is 7.32.